The first-order chi connectivity index (χ1) is 16.3. The van der Waals surface area contributed by atoms with E-state index in [0.29, 0.717) is 51.9 Å². The molecule has 34 heavy (non-hydrogen) atoms. The highest BCUT2D eigenvalue weighted by Crippen LogP contribution is 2.34. The molecule has 1 atom stereocenters. The zero-order valence-electron chi connectivity index (χ0n) is 19.7. The van der Waals surface area contributed by atoms with Gasteiger partial charge in [0.15, 0.2) is 0 Å². The summed E-state index contributed by atoms with van der Waals surface area (Å²) in [6.07, 6.45) is 3.82. The number of benzene rings is 1. The van der Waals surface area contributed by atoms with E-state index in [4.69, 9.17) is 0 Å². The molecule has 8 nitrogen and oxygen atoms in total. The van der Waals surface area contributed by atoms with Crippen LogP contribution in [-0.2, 0) is 9.59 Å². The minimum atomic E-state index is -0.436. The SMILES string of the molecule is CCN1CCCC1CNC(=O)CNC(=O)c1c(C)[nH]c(/C=C2\C(=O)Nc3ccc(F)cc32)c1C. The fraction of sp³-hybridized carbons (Fsp3) is 0.400. The third kappa shape index (κ3) is 4.75. The first kappa shape index (κ1) is 23.7. The number of nitrogens with one attached hydrogen (secondary N) is 4. The van der Waals surface area contributed by atoms with Gasteiger partial charge in [0.05, 0.1) is 17.7 Å². The Hall–Kier alpha value is -3.46. The first-order valence-corrected chi connectivity index (χ1v) is 11.6. The Morgan fingerprint density at radius 2 is 2.06 bits per heavy atom. The van der Waals surface area contributed by atoms with Crippen molar-refractivity contribution >= 4 is 35.1 Å². The number of hydrogen-bond acceptors (Lipinski definition) is 4. The zero-order valence-corrected chi connectivity index (χ0v) is 19.7. The van der Waals surface area contributed by atoms with Crippen molar-refractivity contribution in [2.24, 2.45) is 0 Å². The van der Waals surface area contributed by atoms with Gasteiger partial charge in [0.2, 0.25) is 5.91 Å². The molecule has 0 radical (unpaired) electrons. The van der Waals surface area contributed by atoms with Gasteiger partial charge in [-0.1, -0.05) is 6.92 Å². The zero-order chi connectivity index (χ0) is 24.4. The van der Waals surface area contributed by atoms with Gasteiger partial charge in [-0.2, -0.15) is 0 Å². The Bertz CT molecular complexity index is 1170. The molecule has 3 amide bonds. The monoisotopic (exact) mass is 467 g/mol. The molecule has 1 unspecified atom stereocenters. The third-order valence-corrected chi connectivity index (χ3v) is 6.61. The average molecular weight is 468 g/mol. The predicted molar refractivity (Wildman–Crippen MR) is 129 cm³/mol. The van der Waals surface area contributed by atoms with Gasteiger partial charge in [-0.05, 0) is 69.6 Å². The van der Waals surface area contributed by atoms with E-state index in [9.17, 15) is 18.8 Å². The second kappa shape index (κ2) is 9.80. The minimum absolute atomic E-state index is 0.118. The van der Waals surface area contributed by atoms with Crippen molar-refractivity contribution in [3.63, 3.8) is 0 Å². The van der Waals surface area contributed by atoms with Crippen molar-refractivity contribution in [1.29, 1.82) is 0 Å². The summed E-state index contributed by atoms with van der Waals surface area (Å²) in [5.41, 5.74) is 3.60. The lowest BCUT2D eigenvalue weighted by Crippen LogP contribution is -2.43. The quantitative estimate of drug-likeness (QED) is 0.470. The lowest BCUT2D eigenvalue weighted by atomic mass is 10.0. The van der Waals surface area contributed by atoms with Crippen LogP contribution in [0.3, 0.4) is 0 Å². The van der Waals surface area contributed by atoms with Crippen molar-refractivity contribution in [3.8, 4) is 0 Å². The number of anilines is 1. The standard InChI is InChI=1S/C25H30FN5O3/c1-4-31-9-5-6-17(31)12-27-22(32)13-28-25(34)23-14(2)21(29-15(23)3)11-19-18-10-16(26)7-8-20(18)30-24(19)33/h7-8,10-11,17,29H,4-6,9,12-13H2,1-3H3,(H,27,32)(H,28,34)(H,30,33)/b19-11-. The Labute approximate surface area is 198 Å². The fourth-order valence-corrected chi connectivity index (χ4v) is 4.79. The van der Waals surface area contributed by atoms with Crippen LogP contribution in [-0.4, -0.2) is 59.8 Å². The van der Waals surface area contributed by atoms with Gasteiger partial charge in [-0.3, -0.25) is 19.3 Å². The molecule has 1 aromatic carbocycles. The van der Waals surface area contributed by atoms with E-state index in [1.165, 1.54) is 18.2 Å². The Morgan fingerprint density at radius 3 is 2.82 bits per heavy atom. The lowest BCUT2D eigenvalue weighted by molar-refractivity contribution is -0.120. The second-order valence-electron chi connectivity index (χ2n) is 8.78. The average Bonchev–Trinajstić information content (AvgIpc) is 3.47. The number of aromatic nitrogens is 1. The predicted octanol–water partition coefficient (Wildman–Crippen LogP) is 2.59. The van der Waals surface area contributed by atoms with Crippen LogP contribution in [0, 0.1) is 19.7 Å². The van der Waals surface area contributed by atoms with E-state index in [-0.39, 0.29) is 24.3 Å². The number of likely N-dealkylation sites (N-methyl/N-ethyl adjacent to an activating group) is 1. The molecule has 4 rings (SSSR count). The molecule has 0 bridgehead atoms. The smallest absolute Gasteiger partial charge is 0.256 e. The number of H-pyrrole nitrogens is 1. The highest BCUT2D eigenvalue weighted by molar-refractivity contribution is 6.34. The van der Waals surface area contributed by atoms with Gasteiger partial charge in [0.25, 0.3) is 11.8 Å². The summed E-state index contributed by atoms with van der Waals surface area (Å²) in [7, 11) is 0. The van der Waals surface area contributed by atoms with Crippen LogP contribution < -0.4 is 16.0 Å². The van der Waals surface area contributed by atoms with Gasteiger partial charge in [0, 0.05) is 35.2 Å². The summed E-state index contributed by atoms with van der Waals surface area (Å²) < 4.78 is 13.7. The number of halogens is 1. The van der Waals surface area contributed by atoms with Crippen LogP contribution in [0.2, 0.25) is 0 Å². The number of aryl methyl sites for hydroxylation is 1. The number of likely N-dealkylation sites (tertiary alicyclic amines) is 1. The maximum atomic E-state index is 13.7. The number of carbonyl (C=O) groups is 3. The van der Waals surface area contributed by atoms with Crippen molar-refractivity contribution in [3.05, 3.63) is 52.1 Å². The molecule has 0 aliphatic carbocycles. The molecule has 2 aliphatic heterocycles. The van der Waals surface area contributed by atoms with Crippen LogP contribution in [0.25, 0.3) is 11.6 Å². The van der Waals surface area contributed by atoms with Gasteiger partial charge >= 0.3 is 0 Å². The van der Waals surface area contributed by atoms with E-state index in [0.717, 1.165) is 25.9 Å². The highest BCUT2D eigenvalue weighted by Gasteiger charge is 2.26. The number of rotatable bonds is 7. The van der Waals surface area contributed by atoms with Gasteiger partial charge in [0.1, 0.15) is 5.82 Å². The van der Waals surface area contributed by atoms with Crippen LogP contribution in [0.4, 0.5) is 10.1 Å². The first-order valence-electron chi connectivity index (χ1n) is 11.6. The van der Waals surface area contributed by atoms with E-state index in [1.54, 1.807) is 19.9 Å². The molecular formula is C25H30FN5O3. The summed E-state index contributed by atoms with van der Waals surface area (Å²) in [5, 5.41) is 8.31. The number of nitrogens with zero attached hydrogens (tertiary/aromatic N) is 1. The molecule has 4 N–H and O–H groups in total. The van der Waals surface area contributed by atoms with Crippen molar-refractivity contribution in [1.82, 2.24) is 20.5 Å². The molecule has 2 aromatic rings. The number of amides is 3. The molecule has 1 fully saturated rings. The van der Waals surface area contributed by atoms with Gasteiger partial charge in [-0.25, -0.2) is 4.39 Å². The summed E-state index contributed by atoms with van der Waals surface area (Å²) in [5.74, 6) is -1.37. The lowest BCUT2D eigenvalue weighted by Gasteiger charge is -2.22. The molecule has 0 spiro atoms. The Morgan fingerprint density at radius 1 is 1.26 bits per heavy atom. The van der Waals surface area contributed by atoms with E-state index in [1.807, 2.05) is 0 Å². The summed E-state index contributed by atoms with van der Waals surface area (Å²) >= 11 is 0. The molecule has 2 aliphatic rings. The Balaban J connectivity index is 1.42. The van der Waals surface area contributed by atoms with Gasteiger partial charge < -0.3 is 20.9 Å². The van der Waals surface area contributed by atoms with E-state index in [2.05, 4.69) is 32.8 Å². The maximum absolute atomic E-state index is 13.7. The van der Waals surface area contributed by atoms with Crippen LogP contribution in [0.5, 0.6) is 0 Å². The van der Waals surface area contributed by atoms with E-state index >= 15 is 0 Å². The number of aromatic amines is 1. The normalized spacial score (nSPS) is 18.8. The molecule has 1 saturated heterocycles. The Kier molecular flexibility index (Phi) is 6.83. The highest BCUT2D eigenvalue weighted by atomic mass is 19.1. The number of fused-ring (bicyclic) bond motifs is 1. The summed E-state index contributed by atoms with van der Waals surface area (Å²) in [6, 6.07) is 4.47. The number of hydrogen-bond donors (Lipinski definition) is 4. The van der Waals surface area contributed by atoms with E-state index < -0.39 is 5.82 Å². The van der Waals surface area contributed by atoms with Crippen molar-refractivity contribution in [2.75, 3.05) is 31.5 Å². The summed E-state index contributed by atoms with van der Waals surface area (Å²) in [6.45, 7) is 8.11. The molecule has 9 heteroatoms. The van der Waals surface area contributed by atoms with Crippen LogP contribution in [0.15, 0.2) is 18.2 Å². The third-order valence-electron chi connectivity index (χ3n) is 6.61. The topological polar surface area (TPSA) is 106 Å². The van der Waals surface area contributed by atoms with Gasteiger partial charge in [-0.15, -0.1) is 0 Å². The molecule has 0 saturated carbocycles. The largest absolute Gasteiger partial charge is 0.358 e. The molecule has 3 heterocycles. The van der Waals surface area contributed by atoms with Crippen molar-refractivity contribution < 1.29 is 18.8 Å². The van der Waals surface area contributed by atoms with Crippen LogP contribution in [0.1, 0.15) is 52.6 Å². The maximum Gasteiger partial charge on any atom is 0.256 e. The fourth-order valence-electron chi connectivity index (χ4n) is 4.79. The number of carbonyl (C=O) groups excluding carboxylic acids is 3. The molecule has 180 valence electrons. The summed E-state index contributed by atoms with van der Waals surface area (Å²) in [4.78, 5) is 43.0. The van der Waals surface area contributed by atoms with Crippen molar-refractivity contribution in [2.45, 2.75) is 39.7 Å². The molecular weight excluding hydrogens is 437 g/mol. The molecule has 1 aromatic heterocycles. The second-order valence-corrected chi connectivity index (χ2v) is 8.78. The van der Waals surface area contributed by atoms with Crippen LogP contribution >= 0.6 is 0 Å². The minimum Gasteiger partial charge on any atom is -0.358 e.